The lowest BCUT2D eigenvalue weighted by atomic mass is 10.2. The van der Waals surface area contributed by atoms with Gasteiger partial charge in [0, 0.05) is 24.3 Å². The number of guanidine groups is 1. The van der Waals surface area contributed by atoms with Crippen LogP contribution < -0.4 is 10.6 Å². The fourth-order valence-electron chi connectivity index (χ4n) is 3.12. The van der Waals surface area contributed by atoms with Crippen molar-refractivity contribution in [3.63, 3.8) is 0 Å². The van der Waals surface area contributed by atoms with Gasteiger partial charge in [-0.25, -0.2) is 9.67 Å². The van der Waals surface area contributed by atoms with Gasteiger partial charge in [0.2, 0.25) is 0 Å². The number of rotatable bonds is 11. The first kappa shape index (κ1) is 22.0. The fourth-order valence-corrected chi connectivity index (χ4v) is 3.12. The van der Waals surface area contributed by atoms with Gasteiger partial charge in [0.25, 0.3) is 0 Å². The van der Waals surface area contributed by atoms with E-state index in [1.165, 1.54) is 6.42 Å². The number of benzene rings is 1. The van der Waals surface area contributed by atoms with Crippen molar-refractivity contribution in [3.8, 4) is 5.69 Å². The predicted molar refractivity (Wildman–Crippen MR) is 118 cm³/mol. The van der Waals surface area contributed by atoms with Crippen LogP contribution in [0.4, 0.5) is 0 Å². The van der Waals surface area contributed by atoms with Crippen molar-refractivity contribution in [1.29, 1.82) is 0 Å². The Kier molecular flexibility index (Phi) is 9.55. The van der Waals surface area contributed by atoms with Crippen molar-refractivity contribution in [3.05, 3.63) is 48.3 Å². The van der Waals surface area contributed by atoms with Crippen LogP contribution in [-0.4, -0.2) is 52.9 Å². The lowest BCUT2D eigenvalue weighted by Gasteiger charge is -2.21. The Labute approximate surface area is 170 Å². The summed E-state index contributed by atoms with van der Waals surface area (Å²) >= 11 is 0. The quantitative estimate of drug-likeness (QED) is 0.460. The minimum atomic E-state index is 0.389. The monoisotopic (exact) mass is 384 g/mol. The average Bonchev–Trinajstić information content (AvgIpc) is 3.19. The van der Waals surface area contributed by atoms with E-state index in [-0.39, 0.29) is 0 Å². The van der Waals surface area contributed by atoms with Gasteiger partial charge in [-0.3, -0.25) is 0 Å². The lowest BCUT2D eigenvalue weighted by Crippen LogP contribution is -2.42. The zero-order valence-corrected chi connectivity index (χ0v) is 17.9. The molecule has 1 heterocycles. The molecule has 0 bridgehead atoms. The maximum absolute atomic E-state index is 4.74. The van der Waals surface area contributed by atoms with Gasteiger partial charge >= 0.3 is 0 Å². The second kappa shape index (κ2) is 12.2. The van der Waals surface area contributed by atoms with Gasteiger partial charge in [-0.15, -0.1) is 0 Å². The number of nitrogens with zero attached hydrogens (tertiary/aromatic N) is 4. The lowest BCUT2D eigenvalue weighted by molar-refractivity contribution is 0.292. The molecule has 0 aliphatic heterocycles. The van der Waals surface area contributed by atoms with Gasteiger partial charge in [0.1, 0.15) is 0 Å². The first-order valence-corrected chi connectivity index (χ1v) is 10.5. The summed E-state index contributed by atoms with van der Waals surface area (Å²) < 4.78 is 1.89. The summed E-state index contributed by atoms with van der Waals surface area (Å²) in [5.41, 5.74) is 2.15. The minimum Gasteiger partial charge on any atom is -0.357 e. The first-order chi connectivity index (χ1) is 13.7. The Morgan fingerprint density at radius 1 is 1.18 bits per heavy atom. The molecule has 2 rings (SSSR count). The molecule has 6 heteroatoms. The summed E-state index contributed by atoms with van der Waals surface area (Å²) in [5, 5.41) is 11.3. The molecular formula is C22H36N6. The average molecular weight is 385 g/mol. The molecule has 6 nitrogen and oxygen atoms in total. The van der Waals surface area contributed by atoms with E-state index in [4.69, 9.17) is 4.99 Å². The second-order valence-corrected chi connectivity index (χ2v) is 7.04. The highest BCUT2D eigenvalue weighted by atomic mass is 15.3. The van der Waals surface area contributed by atoms with Gasteiger partial charge in [0.05, 0.1) is 18.4 Å². The van der Waals surface area contributed by atoms with Gasteiger partial charge in [-0.1, -0.05) is 32.0 Å². The summed E-state index contributed by atoms with van der Waals surface area (Å²) in [6, 6.07) is 10.5. The third kappa shape index (κ3) is 7.35. The number of aliphatic imine (C=N–C) groups is 1. The van der Waals surface area contributed by atoms with Gasteiger partial charge in [-0.2, -0.15) is 5.10 Å². The Bertz CT molecular complexity index is 690. The molecule has 1 atom stereocenters. The molecule has 0 aliphatic rings. The Hall–Kier alpha value is -2.34. The van der Waals surface area contributed by atoms with Crippen LogP contribution in [0.15, 0.2) is 47.7 Å². The third-order valence-corrected chi connectivity index (χ3v) is 4.81. The normalized spacial score (nSPS) is 13.0. The van der Waals surface area contributed by atoms with E-state index in [0.717, 1.165) is 49.8 Å². The third-order valence-electron chi connectivity index (χ3n) is 4.81. The van der Waals surface area contributed by atoms with E-state index in [0.29, 0.717) is 12.6 Å². The molecule has 0 aliphatic carbocycles. The molecule has 0 saturated carbocycles. The molecule has 0 spiro atoms. The highest BCUT2D eigenvalue weighted by Crippen LogP contribution is 2.08. The zero-order valence-electron chi connectivity index (χ0n) is 17.9. The largest absolute Gasteiger partial charge is 0.357 e. The zero-order chi connectivity index (χ0) is 20.2. The number of hydrogen-bond acceptors (Lipinski definition) is 3. The molecule has 1 unspecified atom stereocenters. The van der Waals surface area contributed by atoms with Crippen LogP contribution in [0.2, 0.25) is 0 Å². The molecule has 2 aromatic rings. The molecule has 28 heavy (non-hydrogen) atoms. The van der Waals surface area contributed by atoms with Crippen LogP contribution in [0.5, 0.6) is 0 Å². The summed E-state index contributed by atoms with van der Waals surface area (Å²) in [4.78, 5) is 7.21. The van der Waals surface area contributed by atoms with Crippen molar-refractivity contribution in [2.75, 3.05) is 26.2 Å². The summed E-state index contributed by atoms with van der Waals surface area (Å²) in [7, 11) is 0. The predicted octanol–water partition coefficient (Wildman–Crippen LogP) is 3.44. The smallest absolute Gasteiger partial charge is 0.191 e. The van der Waals surface area contributed by atoms with Crippen LogP contribution in [0.25, 0.3) is 5.69 Å². The van der Waals surface area contributed by atoms with Crippen LogP contribution in [0.3, 0.4) is 0 Å². The second-order valence-electron chi connectivity index (χ2n) is 7.04. The maximum atomic E-state index is 4.74. The number of aromatic nitrogens is 2. The standard InChI is InChI=1S/C22H36N6/c1-5-23-22(26-19(4)12-11-15-27(6-2)7-3)24-16-20-17-25-28(18-20)21-13-9-8-10-14-21/h8-10,13-14,17-19H,5-7,11-12,15-16H2,1-4H3,(H2,23,24,26). The summed E-state index contributed by atoms with van der Waals surface area (Å²) in [6.45, 7) is 13.6. The van der Waals surface area contributed by atoms with Gasteiger partial charge in [-0.05, 0) is 58.5 Å². The van der Waals surface area contributed by atoms with E-state index in [2.05, 4.69) is 48.3 Å². The number of nitrogens with one attached hydrogen (secondary N) is 2. The molecule has 0 amide bonds. The Morgan fingerprint density at radius 2 is 1.93 bits per heavy atom. The van der Waals surface area contributed by atoms with E-state index in [9.17, 15) is 0 Å². The maximum Gasteiger partial charge on any atom is 0.191 e. The van der Waals surface area contributed by atoms with Crippen molar-refractivity contribution < 1.29 is 0 Å². The van der Waals surface area contributed by atoms with E-state index in [1.807, 2.05) is 47.4 Å². The Balaban J connectivity index is 1.87. The first-order valence-electron chi connectivity index (χ1n) is 10.5. The van der Waals surface area contributed by atoms with Crippen LogP contribution in [-0.2, 0) is 6.54 Å². The van der Waals surface area contributed by atoms with E-state index in [1.54, 1.807) is 0 Å². The topological polar surface area (TPSA) is 57.5 Å². The van der Waals surface area contributed by atoms with Crippen LogP contribution in [0.1, 0.15) is 46.1 Å². The van der Waals surface area contributed by atoms with Crippen molar-refractivity contribution >= 4 is 5.96 Å². The Morgan fingerprint density at radius 3 is 2.61 bits per heavy atom. The van der Waals surface area contributed by atoms with E-state index >= 15 is 0 Å². The van der Waals surface area contributed by atoms with Crippen LogP contribution >= 0.6 is 0 Å². The highest BCUT2D eigenvalue weighted by Gasteiger charge is 2.07. The molecular weight excluding hydrogens is 348 g/mol. The summed E-state index contributed by atoms with van der Waals surface area (Å²) in [5.74, 6) is 0.866. The molecule has 1 aromatic heterocycles. The summed E-state index contributed by atoms with van der Waals surface area (Å²) in [6.07, 6.45) is 6.25. The number of para-hydroxylation sites is 1. The van der Waals surface area contributed by atoms with Crippen molar-refractivity contribution in [2.45, 2.75) is 53.1 Å². The van der Waals surface area contributed by atoms with Crippen LogP contribution in [0, 0.1) is 0 Å². The SMILES string of the molecule is CCNC(=NCc1cnn(-c2ccccc2)c1)NC(C)CCCN(CC)CC. The molecule has 0 radical (unpaired) electrons. The van der Waals surface area contributed by atoms with Gasteiger partial charge < -0.3 is 15.5 Å². The molecule has 1 aromatic carbocycles. The molecule has 0 fully saturated rings. The number of hydrogen-bond donors (Lipinski definition) is 2. The van der Waals surface area contributed by atoms with E-state index < -0.39 is 0 Å². The molecule has 154 valence electrons. The fraction of sp³-hybridized carbons (Fsp3) is 0.545. The van der Waals surface area contributed by atoms with Crippen molar-refractivity contribution in [1.82, 2.24) is 25.3 Å². The molecule has 2 N–H and O–H groups in total. The highest BCUT2D eigenvalue weighted by molar-refractivity contribution is 5.80. The minimum absolute atomic E-state index is 0.389. The molecule has 0 saturated heterocycles. The van der Waals surface area contributed by atoms with Gasteiger partial charge in [0.15, 0.2) is 5.96 Å². The van der Waals surface area contributed by atoms with Crippen molar-refractivity contribution in [2.24, 2.45) is 4.99 Å².